The molecule has 2 aromatic carbocycles. The first-order valence-electron chi connectivity index (χ1n) is 12.4. The molecule has 0 amide bonds. The fourth-order valence-corrected chi connectivity index (χ4v) is 5.91. The summed E-state index contributed by atoms with van der Waals surface area (Å²) in [5.41, 5.74) is 2.87. The van der Waals surface area contributed by atoms with Crippen LogP contribution in [0.2, 0.25) is 0 Å². The summed E-state index contributed by atoms with van der Waals surface area (Å²) in [7, 11) is 0. The largest absolute Gasteiger partial charge is 0.425 e. The molecule has 0 unspecified atom stereocenters. The first-order chi connectivity index (χ1) is 15.5. The third kappa shape index (κ3) is 9.27. The highest BCUT2D eigenvalue weighted by atomic mass is 35.7. The van der Waals surface area contributed by atoms with Crippen molar-refractivity contribution in [3.05, 3.63) is 59.7 Å². The molecule has 0 aliphatic carbocycles. The third-order valence-electron chi connectivity index (χ3n) is 6.51. The number of hydrogen-bond acceptors (Lipinski definition) is 3. The van der Waals surface area contributed by atoms with Gasteiger partial charge in [0.2, 0.25) is 0 Å². The van der Waals surface area contributed by atoms with Gasteiger partial charge in [-0.1, -0.05) is 104 Å². The highest BCUT2D eigenvalue weighted by molar-refractivity contribution is 8.22. The van der Waals surface area contributed by atoms with Gasteiger partial charge in [-0.15, -0.1) is 0 Å². The van der Waals surface area contributed by atoms with Gasteiger partial charge in [-0.05, 0) is 70.3 Å². The van der Waals surface area contributed by atoms with E-state index >= 15 is 0 Å². The van der Waals surface area contributed by atoms with Gasteiger partial charge in [0.15, 0.2) is 0 Å². The van der Waals surface area contributed by atoms with Crippen LogP contribution in [0.3, 0.4) is 0 Å². The van der Waals surface area contributed by atoms with E-state index in [9.17, 15) is 0 Å². The predicted octanol–water partition coefficient (Wildman–Crippen LogP) is 10.3. The predicted molar refractivity (Wildman–Crippen MR) is 149 cm³/mol. The molecular weight excluding hydrogens is 467 g/mol. The molecule has 0 atom stereocenters. The Kier molecular flexibility index (Phi) is 10.8. The Morgan fingerprint density at radius 2 is 1.00 bits per heavy atom. The number of unbranched alkanes of at least 4 members (excludes halogenated alkanes) is 4. The average molecular weight is 509 g/mol. The van der Waals surface area contributed by atoms with Crippen molar-refractivity contribution >= 4 is 28.9 Å². The molecule has 184 valence electrons. The van der Waals surface area contributed by atoms with Crippen LogP contribution >= 0.6 is 17.1 Å². The highest BCUT2D eigenvalue weighted by Gasteiger charge is 2.23. The van der Waals surface area contributed by atoms with E-state index in [2.05, 4.69) is 65.8 Å². The van der Waals surface area contributed by atoms with E-state index in [1.54, 1.807) is 0 Å². The van der Waals surface area contributed by atoms with Crippen molar-refractivity contribution in [2.75, 3.05) is 0 Å². The van der Waals surface area contributed by atoms with Gasteiger partial charge in [-0.25, -0.2) is 0 Å². The summed E-state index contributed by atoms with van der Waals surface area (Å²) in [6, 6.07) is 16.3. The smallest absolute Gasteiger partial charge is 0.384 e. The Morgan fingerprint density at radius 1 is 0.667 bits per heavy atom. The van der Waals surface area contributed by atoms with E-state index in [1.807, 2.05) is 24.3 Å². The normalized spacial score (nSPS) is 12.6. The van der Waals surface area contributed by atoms with Crippen molar-refractivity contribution in [2.45, 2.75) is 104 Å². The van der Waals surface area contributed by atoms with Gasteiger partial charge in [-0.2, -0.15) is 0 Å². The molecule has 0 bridgehead atoms. The Morgan fingerprint density at radius 3 is 1.30 bits per heavy atom. The summed E-state index contributed by atoms with van der Waals surface area (Å²) in [6.45, 7) is 13.7. The first-order valence-corrected chi connectivity index (χ1v) is 15.9. The standard InChI is InChI=1S/C28H42ClO2PS/c1-7-9-11-21-27(3,4)23-13-17-25(18-14-23)30-32(29,33)31-26-19-15-24(16-20-26)28(5,6)22-12-10-8-2/h13-20H,7-12,21-22H2,1-6H3. The van der Waals surface area contributed by atoms with Crippen molar-refractivity contribution in [3.63, 3.8) is 0 Å². The number of hydrogen-bond donors (Lipinski definition) is 0. The van der Waals surface area contributed by atoms with Crippen LogP contribution in [-0.2, 0) is 22.6 Å². The van der Waals surface area contributed by atoms with Gasteiger partial charge < -0.3 is 9.05 Å². The molecule has 0 saturated carbocycles. The van der Waals surface area contributed by atoms with Crippen LogP contribution in [0, 0.1) is 0 Å². The van der Waals surface area contributed by atoms with Gasteiger partial charge >= 0.3 is 5.84 Å². The highest BCUT2D eigenvalue weighted by Crippen LogP contribution is 2.53. The minimum absolute atomic E-state index is 0.136. The van der Waals surface area contributed by atoms with Crippen LogP contribution in [-0.4, -0.2) is 0 Å². The van der Waals surface area contributed by atoms with Gasteiger partial charge in [-0.3, -0.25) is 0 Å². The molecule has 0 aliphatic heterocycles. The lowest BCUT2D eigenvalue weighted by molar-refractivity contribution is 0.449. The minimum Gasteiger partial charge on any atom is -0.425 e. The molecule has 0 heterocycles. The Balaban J connectivity index is 1.98. The number of benzene rings is 2. The van der Waals surface area contributed by atoms with Crippen molar-refractivity contribution in [1.29, 1.82) is 0 Å². The maximum atomic E-state index is 6.52. The van der Waals surface area contributed by atoms with Crippen LogP contribution in [0.15, 0.2) is 48.5 Å². The van der Waals surface area contributed by atoms with Crippen LogP contribution in [0.5, 0.6) is 11.5 Å². The second kappa shape index (κ2) is 12.6. The quantitative estimate of drug-likeness (QED) is 0.187. The van der Waals surface area contributed by atoms with Crippen molar-refractivity contribution in [2.24, 2.45) is 0 Å². The van der Waals surface area contributed by atoms with E-state index < -0.39 is 5.84 Å². The summed E-state index contributed by atoms with van der Waals surface area (Å²) >= 11 is 12.0. The zero-order chi connectivity index (χ0) is 24.5. The molecule has 0 spiro atoms. The Bertz CT molecular complexity index is 820. The van der Waals surface area contributed by atoms with Crippen LogP contribution in [0.25, 0.3) is 0 Å². The topological polar surface area (TPSA) is 18.5 Å². The molecule has 2 nitrogen and oxygen atoms in total. The molecule has 0 aromatic heterocycles. The molecule has 2 rings (SSSR count). The van der Waals surface area contributed by atoms with Crippen LogP contribution < -0.4 is 9.05 Å². The van der Waals surface area contributed by atoms with E-state index in [1.165, 1.54) is 62.5 Å². The van der Waals surface area contributed by atoms with E-state index in [0.29, 0.717) is 11.5 Å². The van der Waals surface area contributed by atoms with E-state index in [-0.39, 0.29) is 10.8 Å². The fraction of sp³-hybridized carbons (Fsp3) is 0.571. The summed E-state index contributed by atoms with van der Waals surface area (Å²) in [4.78, 5) is 0. The molecule has 0 N–H and O–H groups in total. The second-order valence-corrected chi connectivity index (χ2v) is 14.9. The maximum Gasteiger partial charge on any atom is 0.384 e. The van der Waals surface area contributed by atoms with E-state index in [0.717, 1.165) is 0 Å². The van der Waals surface area contributed by atoms with Gasteiger partial charge in [0.25, 0.3) is 0 Å². The van der Waals surface area contributed by atoms with Crippen LogP contribution in [0.1, 0.15) is 104 Å². The average Bonchev–Trinajstić information content (AvgIpc) is 2.74. The lowest BCUT2D eigenvalue weighted by Crippen LogP contribution is -2.16. The Hall–Kier alpha value is -1.02. The molecular formula is C28H42ClO2PS. The zero-order valence-corrected chi connectivity index (χ0v) is 23.8. The summed E-state index contributed by atoms with van der Waals surface area (Å²) in [5, 5.41) is 0. The molecule has 0 fully saturated rings. The van der Waals surface area contributed by atoms with Crippen LogP contribution in [0.4, 0.5) is 0 Å². The molecule has 2 aromatic rings. The minimum atomic E-state index is -2.99. The molecule has 0 radical (unpaired) electrons. The fourth-order valence-electron chi connectivity index (χ4n) is 4.13. The molecule has 33 heavy (non-hydrogen) atoms. The van der Waals surface area contributed by atoms with Gasteiger partial charge in [0.05, 0.1) is 0 Å². The van der Waals surface area contributed by atoms with E-state index in [4.69, 9.17) is 32.1 Å². The van der Waals surface area contributed by atoms with Crippen molar-refractivity contribution in [3.8, 4) is 11.5 Å². The lowest BCUT2D eigenvalue weighted by atomic mass is 9.80. The summed E-state index contributed by atoms with van der Waals surface area (Å²) in [5.74, 6) is -1.69. The summed E-state index contributed by atoms with van der Waals surface area (Å²) in [6.07, 6.45) is 9.85. The zero-order valence-electron chi connectivity index (χ0n) is 21.3. The molecule has 0 saturated heterocycles. The first kappa shape index (κ1) is 28.2. The Labute approximate surface area is 212 Å². The van der Waals surface area contributed by atoms with Crippen molar-refractivity contribution < 1.29 is 9.05 Å². The number of halogens is 1. The monoisotopic (exact) mass is 508 g/mol. The second-order valence-electron chi connectivity index (χ2n) is 10.3. The molecule has 0 aliphatic rings. The van der Waals surface area contributed by atoms with Gasteiger partial charge in [0.1, 0.15) is 11.5 Å². The maximum absolute atomic E-state index is 6.52. The summed E-state index contributed by atoms with van der Waals surface area (Å²) < 4.78 is 11.8. The van der Waals surface area contributed by atoms with Gasteiger partial charge in [0, 0.05) is 11.8 Å². The molecule has 5 heteroatoms. The third-order valence-corrected chi connectivity index (χ3v) is 8.23. The lowest BCUT2D eigenvalue weighted by Gasteiger charge is -2.26. The number of rotatable bonds is 14. The van der Waals surface area contributed by atoms with Crippen molar-refractivity contribution in [1.82, 2.24) is 0 Å². The SMILES string of the molecule is CCCCCC(C)(C)c1ccc(OP(=S)(Cl)Oc2ccc(C(C)(C)CCCCC)cc2)cc1.